The molecule has 13 heteroatoms. The van der Waals surface area contributed by atoms with Gasteiger partial charge in [0.25, 0.3) is 18.8 Å². The van der Waals surface area contributed by atoms with Crippen molar-refractivity contribution in [2.24, 2.45) is 0 Å². The molecular weight excluding hydrogens is 487 g/mol. The standard InChI is InChI=1S/C20H14Cl2F4N6O/c1-9-5-16(30-31(9)8-10-11(21)3-2-4-12(10)22)28-20(33)14-7-17-27-13(18(23)24)6-15(19(25)26)32(17)29-14/h2-7,18-19H,8H2,1H3,(H,28,30,33). The molecule has 7 nitrogen and oxygen atoms in total. The van der Waals surface area contributed by atoms with Crippen LogP contribution in [0.5, 0.6) is 0 Å². The molecule has 0 saturated carbocycles. The van der Waals surface area contributed by atoms with E-state index in [1.165, 1.54) is 0 Å². The third kappa shape index (κ3) is 4.64. The molecule has 33 heavy (non-hydrogen) atoms. The van der Waals surface area contributed by atoms with Gasteiger partial charge in [-0.3, -0.25) is 9.48 Å². The number of amides is 1. The van der Waals surface area contributed by atoms with E-state index in [2.05, 4.69) is 20.5 Å². The second-order valence-electron chi connectivity index (χ2n) is 6.99. The van der Waals surface area contributed by atoms with Crippen molar-refractivity contribution >= 4 is 40.6 Å². The molecule has 1 N–H and O–H groups in total. The number of benzene rings is 1. The third-order valence-corrected chi connectivity index (χ3v) is 5.45. The van der Waals surface area contributed by atoms with Gasteiger partial charge in [-0.05, 0) is 25.1 Å². The number of nitrogens with one attached hydrogen (secondary N) is 1. The number of hydrogen-bond acceptors (Lipinski definition) is 4. The Hall–Kier alpha value is -3.18. The summed E-state index contributed by atoms with van der Waals surface area (Å²) in [5.74, 6) is -0.618. The molecule has 0 aliphatic heterocycles. The van der Waals surface area contributed by atoms with E-state index in [9.17, 15) is 22.4 Å². The number of carbonyl (C=O) groups is 1. The summed E-state index contributed by atoms with van der Waals surface area (Å²) < 4.78 is 54.8. The minimum atomic E-state index is -3.10. The number of hydrogen-bond donors (Lipinski definition) is 1. The molecule has 0 aliphatic rings. The molecule has 1 aromatic carbocycles. The second-order valence-corrected chi connectivity index (χ2v) is 7.80. The normalized spacial score (nSPS) is 11.7. The summed E-state index contributed by atoms with van der Waals surface area (Å²) in [5, 5.41) is 11.5. The summed E-state index contributed by atoms with van der Waals surface area (Å²) in [7, 11) is 0. The van der Waals surface area contributed by atoms with Gasteiger partial charge in [0.1, 0.15) is 11.4 Å². The van der Waals surface area contributed by atoms with Gasteiger partial charge in [0.15, 0.2) is 17.2 Å². The summed E-state index contributed by atoms with van der Waals surface area (Å²) in [4.78, 5) is 16.2. The van der Waals surface area contributed by atoms with Crippen molar-refractivity contribution in [3.8, 4) is 0 Å². The maximum absolute atomic E-state index is 13.3. The van der Waals surface area contributed by atoms with Crippen LogP contribution in [0.3, 0.4) is 0 Å². The van der Waals surface area contributed by atoms with Crippen molar-refractivity contribution < 1.29 is 22.4 Å². The van der Waals surface area contributed by atoms with E-state index in [-0.39, 0.29) is 23.7 Å². The fourth-order valence-electron chi connectivity index (χ4n) is 3.14. The Morgan fingerprint density at radius 3 is 2.39 bits per heavy atom. The van der Waals surface area contributed by atoms with Gasteiger partial charge in [0.2, 0.25) is 0 Å². The lowest BCUT2D eigenvalue weighted by Crippen LogP contribution is -2.14. The van der Waals surface area contributed by atoms with Crippen LogP contribution in [0.25, 0.3) is 5.65 Å². The maximum atomic E-state index is 13.3. The molecular formula is C20H14Cl2F4N6O. The van der Waals surface area contributed by atoms with Gasteiger partial charge >= 0.3 is 0 Å². The Labute approximate surface area is 193 Å². The fourth-order valence-corrected chi connectivity index (χ4v) is 3.66. The molecule has 4 aromatic rings. The fraction of sp³-hybridized carbons (Fsp3) is 0.200. The molecule has 4 rings (SSSR count). The molecule has 0 bridgehead atoms. The quantitative estimate of drug-likeness (QED) is 0.343. The van der Waals surface area contributed by atoms with E-state index in [1.54, 1.807) is 35.9 Å². The zero-order chi connectivity index (χ0) is 23.9. The third-order valence-electron chi connectivity index (χ3n) is 4.75. The summed E-state index contributed by atoms with van der Waals surface area (Å²) in [6, 6.07) is 8.27. The molecule has 3 aromatic heterocycles. The van der Waals surface area contributed by atoms with Gasteiger partial charge in [-0.25, -0.2) is 27.1 Å². The lowest BCUT2D eigenvalue weighted by atomic mass is 10.2. The average molecular weight is 501 g/mol. The first-order valence-corrected chi connectivity index (χ1v) is 10.1. The van der Waals surface area contributed by atoms with Gasteiger partial charge in [-0.15, -0.1) is 0 Å². The van der Waals surface area contributed by atoms with E-state index < -0.39 is 30.1 Å². The Kier molecular flexibility index (Phi) is 6.26. The van der Waals surface area contributed by atoms with Crippen LogP contribution in [-0.4, -0.2) is 30.3 Å². The Morgan fingerprint density at radius 1 is 1.06 bits per heavy atom. The van der Waals surface area contributed by atoms with Crippen LogP contribution in [0.2, 0.25) is 10.0 Å². The van der Waals surface area contributed by atoms with Gasteiger partial charge < -0.3 is 5.32 Å². The van der Waals surface area contributed by atoms with Gasteiger partial charge in [0, 0.05) is 33.4 Å². The number of nitrogens with zero attached hydrogens (tertiary/aromatic N) is 5. The molecule has 3 heterocycles. The molecule has 0 atom stereocenters. The molecule has 0 spiro atoms. The molecule has 0 unspecified atom stereocenters. The number of carbonyl (C=O) groups excluding carboxylic acids is 1. The van der Waals surface area contributed by atoms with Crippen molar-refractivity contribution in [3.63, 3.8) is 0 Å². The molecule has 172 valence electrons. The minimum absolute atomic E-state index is 0.160. The van der Waals surface area contributed by atoms with Crippen LogP contribution in [0.15, 0.2) is 36.4 Å². The smallest absolute Gasteiger partial charge is 0.280 e. The lowest BCUT2D eigenvalue weighted by molar-refractivity contribution is 0.102. The number of halogens is 6. The highest BCUT2D eigenvalue weighted by molar-refractivity contribution is 6.35. The highest BCUT2D eigenvalue weighted by atomic mass is 35.5. The van der Waals surface area contributed by atoms with Crippen LogP contribution in [0.1, 0.15) is 46.0 Å². The van der Waals surface area contributed by atoms with Crippen LogP contribution in [0.4, 0.5) is 23.4 Å². The summed E-state index contributed by atoms with van der Waals surface area (Å²) in [6.07, 6.45) is -6.16. The first-order chi connectivity index (χ1) is 15.6. The summed E-state index contributed by atoms with van der Waals surface area (Å²) in [6.45, 7) is 2.00. The minimum Gasteiger partial charge on any atom is -0.304 e. The Bertz CT molecular complexity index is 1330. The number of fused-ring (bicyclic) bond motifs is 1. The van der Waals surface area contributed by atoms with Gasteiger partial charge in [-0.2, -0.15) is 10.2 Å². The highest BCUT2D eigenvalue weighted by Gasteiger charge is 2.22. The Balaban J connectivity index is 1.60. The number of aromatic nitrogens is 5. The number of aryl methyl sites for hydroxylation is 1. The van der Waals surface area contributed by atoms with Crippen molar-refractivity contribution in [1.82, 2.24) is 24.4 Å². The van der Waals surface area contributed by atoms with E-state index in [0.29, 0.717) is 31.9 Å². The highest BCUT2D eigenvalue weighted by Crippen LogP contribution is 2.27. The van der Waals surface area contributed by atoms with Crippen molar-refractivity contribution in [2.45, 2.75) is 26.3 Å². The van der Waals surface area contributed by atoms with Crippen LogP contribution in [-0.2, 0) is 6.54 Å². The predicted octanol–water partition coefficient (Wildman–Crippen LogP) is 5.72. The number of rotatable bonds is 6. The molecule has 1 amide bonds. The topological polar surface area (TPSA) is 77.1 Å². The number of alkyl halides is 4. The van der Waals surface area contributed by atoms with E-state index in [4.69, 9.17) is 23.2 Å². The first kappa shape index (κ1) is 23.0. The largest absolute Gasteiger partial charge is 0.304 e. The zero-order valence-corrected chi connectivity index (χ0v) is 18.2. The van der Waals surface area contributed by atoms with E-state index in [0.717, 1.165) is 6.07 Å². The lowest BCUT2D eigenvalue weighted by Gasteiger charge is -2.08. The van der Waals surface area contributed by atoms with Crippen molar-refractivity contribution in [1.29, 1.82) is 0 Å². The molecule has 0 aliphatic carbocycles. The first-order valence-electron chi connectivity index (χ1n) is 9.39. The molecule has 0 radical (unpaired) electrons. The predicted molar refractivity (Wildman–Crippen MR) is 113 cm³/mol. The van der Waals surface area contributed by atoms with Gasteiger partial charge in [0.05, 0.1) is 6.54 Å². The van der Waals surface area contributed by atoms with Crippen LogP contribution >= 0.6 is 23.2 Å². The molecule has 0 saturated heterocycles. The Morgan fingerprint density at radius 2 is 1.76 bits per heavy atom. The van der Waals surface area contributed by atoms with Crippen LogP contribution < -0.4 is 5.32 Å². The second kappa shape index (κ2) is 8.99. The van der Waals surface area contributed by atoms with Crippen LogP contribution in [0, 0.1) is 6.92 Å². The maximum Gasteiger partial charge on any atom is 0.280 e. The summed E-state index contributed by atoms with van der Waals surface area (Å²) in [5.41, 5.74) is -0.908. The van der Waals surface area contributed by atoms with E-state index >= 15 is 0 Å². The monoisotopic (exact) mass is 500 g/mol. The zero-order valence-electron chi connectivity index (χ0n) is 16.7. The number of anilines is 1. The van der Waals surface area contributed by atoms with E-state index in [1.807, 2.05) is 0 Å². The SMILES string of the molecule is Cc1cc(NC(=O)c2cc3nc(C(F)F)cc(C(F)F)n3n2)nn1Cc1c(Cl)cccc1Cl. The average Bonchev–Trinajstić information content (AvgIpc) is 3.33. The summed E-state index contributed by atoms with van der Waals surface area (Å²) >= 11 is 12.4. The van der Waals surface area contributed by atoms with Crippen molar-refractivity contribution in [2.75, 3.05) is 5.32 Å². The molecule has 0 fully saturated rings. The van der Waals surface area contributed by atoms with Gasteiger partial charge in [-0.1, -0.05) is 29.3 Å². The van der Waals surface area contributed by atoms with Crippen molar-refractivity contribution in [3.05, 3.63) is 74.8 Å².